The lowest BCUT2D eigenvalue weighted by molar-refractivity contribution is -0.143. The van der Waals surface area contributed by atoms with Crippen molar-refractivity contribution in [3.05, 3.63) is 29.8 Å². The number of hydrogen-bond acceptors (Lipinski definition) is 5. The van der Waals surface area contributed by atoms with Crippen molar-refractivity contribution in [2.45, 2.75) is 52.2 Å². The normalized spacial score (nSPS) is 12.2. The van der Waals surface area contributed by atoms with Crippen LogP contribution >= 0.6 is 0 Å². The summed E-state index contributed by atoms with van der Waals surface area (Å²) < 4.78 is 10.8. The second kappa shape index (κ2) is 11.0. The van der Waals surface area contributed by atoms with Crippen molar-refractivity contribution in [3.8, 4) is 5.75 Å². The van der Waals surface area contributed by atoms with Gasteiger partial charge in [0.25, 0.3) is 0 Å². The molecular weight excluding hydrogens is 294 g/mol. The van der Waals surface area contributed by atoms with Gasteiger partial charge in [-0.3, -0.25) is 4.79 Å². The summed E-state index contributed by atoms with van der Waals surface area (Å²) in [6, 6.07) is 7.91. The van der Waals surface area contributed by atoms with Gasteiger partial charge in [-0.05, 0) is 24.5 Å². The summed E-state index contributed by atoms with van der Waals surface area (Å²) in [5, 5.41) is 13.1. The summed E-state index contributed by atoms with van der Waals surface area (Å²) in [7, 11) is 0. The molecule has 1 aromatic rings. The largest absolute Gasteiger partial charge is 0.491 e. The number of aryl methyl sites for hydroxylation is 1. The molecule has 5 nitrogen and oxygen atoms in total. The van der Waals surface area contributed by atoms with E-state index in [1.807, 2.05) is 45.0 Å². The molecule has 0 aliphatic carbocycles. The Morgan fingerprint density at radius 3 is 2.74 bits per heavy atom. The average Bonchev–Trinajstić information content (AvgIpc) is 2.54. The van der Waals surface area contributed by atoms with E-state index in [-0.39, 0.29) is 12.6 Å². The second-order valence-electron chi connectivity index (χ2n) is 5.86. The molecule has 0 aromatic heterocycles. The number of rotatable bonds is 11. The van der Waals surface area contributed by atoms with Gasteiger partial charge in [0.1, 0.15) is 18.5 Å². The molecule has 0 saturated carbocycles. The molecule has 1 rings (SSSR count). The minimum atomic E-state index is -0.569. The predicted octanol–water partition coefficient (Wildman–Crippen LogP) is 2.31. The number of ether oxygens (including phenoxy) is 2. The van der Waals surface area contributed by atoms with E-state index < -0.39 is 6.10 Å². The van der Waals surface area contributed by atoms with Crippen LogP contribution in [0.15, 0.2) is 24.3 Å². The fraction of sp³-hybridized carbons (Fsp3) is 0.611. The lowest BCUT2D eigenvalue weighted by Gasteiger charge is -2.16. The topological polar surface area (TPSA) is 67.8 Å². The number of hydrogen-bond donors (Lipinski definition) is 2. The molecule has 0 aliphatic rings. The molecule has 0 fully saturated rings. The molecule has 0 spiro atoms. The first-order chi connectivity index (χ1) is 11.0. The second-order valence-corrected chi connectivity index (χ2v) is 5.86. The van der Waals surface area contributed by atoms with Gasteiger partial charge in [-0.2, -0.15) is 0 Å². The number of esters is 1. The number of aliphatic hydroxyl groups excluding tert-OH is 1. The van der Waals surface area contributed by atoms with E-state index in [9.17, 15) is 9.90 Å². The van der Waals surface area contributed by atoms with Crippen molar-refractivity contribution in [2.75, 3.05) is 19.8 Å². The van der Waals surface area contributed by atoms with Gasteiger partial charge in [-0.1, -0.05) is 39.0 Å². The average molecular weight is 323 g/mol. The van der Waals surface area contributed by atoms with Gasteiger partial charge < -0.3 is 19.9 Å². The zero-order valence-electron chi connectivity index (χ0n) is 14.4. The zero-order valence-corrected chi connectivity index (χ0v) is 14.4. The van der Waals surface area contributed by atoms with Crippen LogP contribution in [0.5, 0.6) is 5.75 Å². The van der Waals surface area contributed by atoms with Crippen molar-refractivity contribution < 1.29 is 19.4 Å². The highest BCUT2D eigenvalue weighted by molar-refractivity contribution is 5.69. The Morgan fingerprint density at radius 1 is 1.30 bits per heavy atom. The van der Waals surface area contributed by atoms with Gasteiger partial charge in [0, 0.05) is 19.0 Å². The first kappa shape index (κ1) is 19.5. The van der Waals surface area contributed by atoms with E-state index in [4.69, 9.17) is 9.47 Å². The van der Waals surface area contributed by atoms with Crippen LogP contribution in [0.3, 0.4) is 0 Å². The quantitative estimate of drug-likeness (QED) is 0.612. The van der Waals surface area contributed by atoms with Gasteiger partial charge in [0.05, 0.1) is 6.61 Å². The first-order valence-electron chi connectivity index (χ1n) is 8.30. The SMILES string of the molecule is CCCOC(=O)CCc1ccccc1OCC(O)CNC(C)C. The highest BCUT2D eigenvalue weighted by Gasteiger charge is 2.10. The van der Waals surface area contributed by atoms with Gasteiger partial charge in [0.15, 0.2) is 0 Å². The maximum Gasteiger partial charge on any atom is 0.306 e. The van der Waals surface area contributed by atoms with Crippen LogP contribution in [-0.4, -0.2) is 43.0 Å². The molecule has 1 aromatic carbocycles. The molecule has 5 heteroatoms. The van der Waals surface area contributed by atoms with Crippen LogP contribution in [0.1, 0.15) is 39.2 Å². The van der Waals surface area contributed by atoms with Crippen LogP contribution in [0.2, 0.25) is 0 Å². The summed E-state index contributed by atoms with van der Waals surface area (Å²) >= 11 is 0. The van der Waals surface area contributed by atoms with Crippen LogP contribution in [0.25, 0.3) is 0 Å². The van der Waals surface area contributed by atoms with Gasteiger partial charge in [0.2, 0.25) is 0 Å². The fourth-order valence-corrected chi connectivity index (χ4v) is 1.99. The maximum atomic E-state index is 11.6. The van der Waals surface area contributed by atoms with E-state index >= 15 is 0 Å². The molecule has 130 valence electrons. The Labute approximate surface area is 139 Å². The van der Waals surface area contributed by atoms with Crippen LogP contribution in [0.4, 0.5) is 0 Å². The molecule has 1 unspecified atom stereocenters. The number of aliphatic hydroxyl groups is 1. The predicted molar refractivity (Wildman–Crippen MR) is 90.7 cm³/mol. The highest BCUT2D eigenvalue weighted by Crippen LogP contribution is 2.20. The first-order valence-corrected chi connectivity index (χ1v) is 8.30. The van der Waals surface area contributed by atoms with Crippen molar-refractivity contribution >= 4 is 5.97 Å². The fourth-order valence-electron chi connectivity index (χ4n) is 1.99. The van der Waals surface area contributed by atoms with Gasteiger partial charge in [-0.25, -0.2) is 0 Å². The Kier molecular flexibility index (Phi) is 9.33. The Hall–Kier alpha value is -1.59. The summed E-state index contributed by atoms with van der Waals surface area (Å²) in [5.41, 5.74) is 0.949. The molecule has 0 saturated heterocycles. The molecule has 0 bridgehead atoms. The molecule has 0 heterocycles. The Bertz CT molecular complexity index is 462. The molecule has 1 atom stereocenters. The minimum absolute atomic E-state index is 0.192. The molecule has 2 N–H and O–H groups in total. The zero-order chi connectivity index (χ0) is 17.1. The van der Waals surface area contributed by atoms with E-state index in [0.717, 1.165) is 12.0 Å². The third-order valence-corrected chi connectivity index (χ3v) is 3.23. The Balaban J connectivity index is 2.45. The van der Waals surface area contributed by atoms with Crippen molar-refractivity contribution in [1.82, 2.24) is 5.32 Å². The van der Waals surface area contributed by atoms with Crippen LogP contribution in [0, 0.1) is 0 Å². The molecule has 23 heavy (non-hydrogen) atoms. The van der Waals surface area contributed by atoms with Crippen LogP contribution < -0.4 is 10.1 Å². The summed E-state index contributed by atoms with van der Waals surface area (Å²) in [6.07, 6.45) is 1.16. The van der Waals surface area contributed by atoms with Crippen LogP contribution in [-0.2, 0) is 16.0 Å². The smallest absolute Gasteiger partial charge is 0.306 e. The molecule has 0 amide bonds. The standard InChI is InChI=1S/C18H29NO4/c1-4-11-22-18(21)10-9-15-7-5-6-8-17(15)23-13-16(20)12-19-14(2)3/h5-8,14,16,19-20H,4,9-13H2,1-3H3. The summed E-state index contributed by atoms with van der Waals surface area (Å²) in [5.74, 6) is 0.516. The molecule has 0 aliphatic heterocycles. The van der Waals surface area contributed by atoms with E-state index in [1.165, 1.54) is 0 Å². The minimum Gasteiger partial charge on any atom is -0.491 e. The Morgan fingerprint density at radius 2 is 2.04 bits per heavy atom. The number of carbonyl (C=O) groups excluding carboxylic acids is 1. The number of carbonyl (C=O) groups is 1. The maximum absolute atomic E-state index is 11.6. The molecular formula is C18H29NO4. The van der Waals surface area contributed by atoms with Crippen molar-refractivity contribution in [2.24, 2.45) is 0 Å². The molecule has 0 radical (unpaired) electrons. The van der Waals surface area contributed by atoms with E-state index in [2.05, 4.69) is 5.32 Å². The van der Waals surface area contributed by atoms with Gasteiger partial charge >= 0.3 is 5.97 Å². The number of benzene rings is 1. The van der Waals surface area contributed by atoms with E-state index in [1.54, 1.807) is 0 Å². The van der Waals surface area contributed by atoms with E-state index in [0.29, 0.717) is 37.8 Å². The third-order valence-electron chi connectivity index (χ3n) is 3.23. The van der Waals surface area contributed by atoms with Crippen molar-refractivity contribution in [3.63, 3.8) is 0 Å². The lowest BCUT2D eigenvalue weighted by atomic mass is 10.1. The van der Waals surface area contributed by atoms with Gasteiger partial charge in [-0.15, -0.1) is 0 Å². The summed E-state index contributed by atoms with van der Waals surface area (Å²) in [4.78, 5) is 11.6. The number of nitrogens with one attached hydrogen (secondary N) is 1. The lowest BCUT2D eigenvalue weighted by Crippen LogP contribution is -2.35. The van der Waals surface area contributed by atoms with Crippen molar-refractivity contribution in [1.29, 1.82) is 0 Å². The monoisotopic (exact) mass is 323 g/mol. The highest BCUT2D eigenvalue weighted by atomic mass is 16.5. The number of para-hydroxylation sites is 1. The summed E-state index contributed by atoms with van der Waals surface area (Å²) in [6.45, 7) is 7.20. The third kappa shape index (κ3) is 8.57.